The molecule has 7 heteroatoms. The molecular formula is C23H27N3O4. The highest BCUT2D eigenvalue weighted by Gasteiger charge is 2.34. The van der Waals surface area contributed by atoms with Gasteiger partial charge in [-0.1, -0.05) is 25.1 Å². The fraction of sp³-hybridized carbons (Fsp3) is 0.348. The molecule has 1 fully saturated rings. The minimum absolute atomic E-state index is 0.0714. The summed E-state index contributed by atoms with van der Waals surface area (Å²) in [5.74, 6) is -0.193. The quantitative estimate of drug-likeness (QED) is 0.702. The number of nitrogens with zero attached hydrogens (tertiary/aromatic N) is 1. The van der Waals surface area contributed by atoms with E-state index in [-0.39, 0.29) is 36.7 Å². The van der Waals surface area contributed by atoms with Gasteiger partial charge in [-0.2, -0.15) is 0 Å². The first-order valence-electron chi connectivity index (χ1n) is 10.1. The molecule has 2 aromatic rings. The first-order chi connectivity index (χ1) is 14.5. The van der Waals surface area contributed by atoms with Crippen molar-refractivity contribution < 1.29 is 19.1 Å². The molecule has 30 heavy (non-hydrogen) atoms. The van der Waals surface area contributed by atoms with Gasteiger partial charge in [0.2, 0.25) is 11.8 Å². The van der Waals surface area contributed by atoms with E-state index >= 15 is 0 Å². The molecule has 158 valence electrons. The summed E-state index contributed by atoms with van der Waals surface area (Å²) >= 11 is 0. The van der Waals surface area contributed by atoms with Crippen LogP contribution in [0.5, 0.6) is 5.75 Å². The van der Waals surface area contributed by atoms with Gasteiger partial charge in [-0.15, -0.1) is 0 Å². The summed E-state index contributed by atoms with van der Waals surface area (Å²) in [6, 6.07) is 14.5. The first-order valence-corrected chi connectivity index (χ1v) is 10.1. The monoisotopic (exact) mass is 409 g/mol. The lowest BCUT2D eigenvalue weighted by Gasteiger charge is -2.17. The van der Waals surface area contributed by atoms with Crippen molar-refractivity contribution in [3.8, 4) is 5.75 Å². The lowest BCUT2D eigenvalue weighted by Crippen LogP contribution is -2.33. The molecule has 0 aromatic heterocycles. The van der Waals surface area contributed by atoms with Crippen LogP contribution in [0.3, 0.4) is 0 Å². The van der Waals surface area contributed by atoms with Gasteiger partial charge in [0.25, 0.3) is 5.91 Å². The van der Waals surface area contributed by atoms with Crippen LogP contribution in [0.15, 0.2) is 48.5 Å². The zero-order valence-corrected chi connectivity index (χ0v) is 17.3. The molecule has 7 nitrogen and oxygen atoms in total. The molecule has 0 bridgehead atoms. The van der Waals surface area contributed by atoms with Gasteiger partial charge in [0.1, 0.15) is 5.75 Å². The van der Waals surface area contributed by atoms with Crippen molar-refractivity contribution in [3.63, 3.8) is 0 Å². The maximum absolute atomic E-state index is 12.3. The molecule has 1 aliphatic rings. The average Bonchev–Trinajstić information content (AvgIpc) is 3.14. The normalized spacial score (nSPS) is 15.7. The van der Waals surface area contributed by atoms with E-state index in [4.69, 9.17) is 4.74 Å². The van der Waals surface area contributed by atoms with Gasteiger partial charge in [-0.05, 0) is 49.2 Å². The van der Waals surface area contributed by atoms with E-state index in [1.807, 2.05) is 38.1 Å². The lowest BCUT2D eigenvalue weighted by molar-refractivity contribution is -0.126. The number of aryl methyl sites for hydroxylation is 1. The molecule has 1 aliphatic heterocycles. The molecule has 1 atom stereocenters. The molecule has 0 saturated carbocycles. The molecule has 3 amide bonds. The number of anilines is 2. The molecule has 2 N–H and O–H groups in total. The van der Waals surface area contributed by atoms with Crippen molar-refractivity contribution in [3.05, 3.63) is 54.1 Å². The van der Waals surface area contributed by atoms with E-state index in [2.05, 4.69) is 10.6 Å². The van der Waals surface area contributed by atoms with Crippen LogP contribution in [-0.4, -0.2) is 37.4 Å². The summed E-state index contributed by atoms with van der Waals surface area (Å²) in [5, 5.41) is 5.67. The third-order valence-electron chi connectivity index (χ3n) is 4.98. The van der Waals surface area contributed by atoms with Crippen molar-refractivity contribution in [2.45, 2.75) is 26.7 Å². The minimum Gasteiger partial charge on any atom is -0.484 e. The van der Waals surface area contributed by atoms with E-state index in [9.17, 15) is 14.4 Å². The van der Waals surface area contributed by atoms with Gasteiger partial charge >= 0.3 is 0 Å². The summed E-state index contributed by atoms with van der Waals surface area (Å²) in [6.07, 6.45) is 1.08. The number of benzene rings is 2. The summed E-state index contributed by atoms with van der Waals surface area (Å²) in [6.45, 7) is 4.78. The lowest BCUT2D eigenvalue weighted by atomic mass is 10.1. The number of hydrogen-bond donors (Lipinski definition) is 2. The second-order valence-corrected chi connectivity index (χ2v) is 7.34. The number of carbonyl (C=O) groups is 3. The maximum Gasteiger partial charge on any atom is 0.262 e. The second kappa shape index (κ2) is 9.91. The predicted molar refractivity (Wildman–Crippen MR) is 116 cm³/mol. The van der Waals surface area contributed by atoms with Crippen molar-refractivity contribution in [1.82, 2.24) is 5.32 Å². The molecule has 0 radical (unpaired) electrons. The first kappa shape index (κ1) is 21.4. The Labute approximate surface area is 176 Å². The Balaban J connectivity index is 1.52. The predicted octanol–water partition coefficient (Wildman–Crippen LogP) is 2.89. The molecule has 2 aromatic carbocycles. The van der Waals surface area contributed by atoms with Crippen molar-refractivity contribution in [1.29, 1.82) is 0 Å². The van der Waals surface area contributed by atoms with Gasteiger partial charge in [0, 0.05) is 30.9 Å². The molecule has 0 aliphatic carbocycles. The fourth-order valence-corrected chi connectivity index (χ4v) is 3.30. The SMILES string of the molecule is CCCNC(=O)C1CC(=O)N(c2ccc(OCC(=O)Nc3ccccc3C)cc2)C1. The Morgan fingerprint density at radius 1 is 1.13 bits per heavy atom. The van der Waals surface area contributed by atoms with Crippen molar-refractivity contribution in [2.75, 3.05) is 29.9 Å². The van der Waals surface area contributed by atoms with Gasteiger partial charge < -0.3 is 20.3 Å². The van der Waals surface area contributed by atoms with Gasteiger partial charge in [-0.3, -0.25) is 14.4 Å². The molecular weight excluding hydrogens is 382 g/mol. The van der Waals surface area contributed by atoms with Gasteiger partial charge in [0.05, 0.1) is 5.92 Å². The Hall–Kier alpha value is -3.35. The van der Waals surface area contributed by atoms with Crippen LogP contribution in [0.1, 0.15) is 25.3 Å². The van der Waals surface area contributed by atoms with Gasteiger partial charge in [0.15, 0.2) is 6.61 Å². The van der Waals surface area contributed by atoms with Crippen molar-refractivity contribution in [2.24, 2.45) is 5.92 Å². The van der Waals surface area contributed by atoms with Crippen LogP contribution in [0.2, 0.25) is 0 Å². The number of ether oxygens (including phenoxy) is 1. The third-order valence-corrected chi connectivity index (χ3v) is 4.98. The van der Waals surface area contributed by atoms with Crippen LogP contribution >= 0.6 is 0 Å². The van der Waals surface area contributed by atoms with E-state index in [1.165, 1.54) is 0 Å². The largest absolute Gasteiger partial charge is 0.484 e. The molecule has 0 spiro atoms. The highest BCUT2D eigenvalue weighted by Crippen LogP contribution is 2.27. The van der Waals surface area contributed by atoms with Crippen molar-refractivity contribution >= 4 is 29.1 Å². The number of carbonyl (C=O) groups excluding carboxylic acids is 3. The van der Waals surface area contributed by atoms with E-state index in [1.54, 1.807) is 29.2 Å². The van der Waals surface area contributed by atoms with Crippen LogP contribution in [0, 0.1) is 12.8 Å². The average molecular weight is 409 g/mol. The number of hydrogen-bond acceptors (Lipinski definition) is 4. The molecule has 1 heterocycles. The summed E-state index contributed by atoms with van der Waals surface area (Å²) in [5.41, 5.74) is 2.45. The highest BCUT2D eigenvalue weighted by molar-refractivity contribution is 6.00. The number of nitrogens with one attached hydrogen (secondary N) is 2. The Morgan fingerprint density at radius 2 is 1.87 bits per heavy atom. The Morgan fingerprint density at radius 3 is 2.57 bits per heavy atom. The molecule has 1 saturated heterocycles. The Kier molecular flexibility index (Phi) is 7.06. The highest BCUT2D eigenvalue weighted by atomic mass is 16.5. The zero-order valence-electron chi connectivity index (χ0n) is 17.3. The topological polar surface area (TPSA) is 87.7 Å². The molecule has 1 unspecified atom stereocenters. The number of amides is 3. The smallest absolute Gasteiger partial charge is 0.262 e. The van der Waals surface area contributed by atoms with Crippen LogP contribution in [0.4, 0.5) is 11.4 Å². The van der Waals surface area contributed by atoms with E-state index in [0.717, 1.165) is 17.7 Å². The molecule has 3 rings (SSSR count). The third kappa shape index (κ3) is 5.37. The summed E-state index contributed by atoms with van der Waals surface area (Å²) in [7, 11) is 0. The maximum atomic E-state index is 12.3. The van der Waals surface area contributed by atoms with Gasteiger partial charge in [-0.25, -0.2) is 0 Å². The summed E-state index contributed by atoms with van der Waals surface area (Å²) < 4.78 is 5.55. The van der Waals surface area contributed by atoms with Crippen LogP contribution < -0.4 is 20.3 Å². The standard InChI is InChI=1S/C23H27N3O4/c1-3-12-24-23(29)17-13-22(28)26(14-17)18-8-10-19(11-9-18)30-15-21(27)25-20-7-5-4-6-16(20)2/h4-11,17H,3,12-15H2,1-2H3,(H,24,29)(H,25,27). The minimum atomic E-state index is -0.329. The zero-order chi connectivity index (χ0) is 21.5. The van der Waals surface area contributed by atoms with Crippen LogP contribution in [0.25, 0.3) is 0 Å². The second-order valence-electron chi connectivity index (χ2n) is 7.34. The fourth-order valence-electron chi connectivity index (χ4n) is 3.30. The van der Waals surface area contributed by atoms with E-state index in [0.29, 0.717) is 24.5 Å². The Bertz CT molecular complexity index is 911. The van der Waals surface area contributed by atoms with E-state index < -0.39 is 0 Å². The number of rotatable bonds is 8. The summed E-state index contributed by atoms with van der Waals surface area (Å²) in [4.78, 5) is 38.2. The number of para-hydroxylation sites is 1. The van der Waals surface area contributed by atoms with Crippen LogP contribution in [-0.2, 0) is 14.4 Å².